The summed E-state index contributed by atoms with van der Waals surface area (Å²) in [6.45, 7) is 8.96. The van der Waals surface area contributed by atoms with E-state index in [-0.39, 0.29) is 0 Å². The Labute approximate surface area is 94.6 Å². The minimum Gasteiger partial charge on any atom is -0.416 e. The van der Waals surface area contributed by atoms with Crippen LogP contribution in [0.4, 0.5) is 0 Å². The second kappa shape index (κ2) is 4.95. The molecule has 0 aliphatic rings. The van der Waals surface area contributed by atoms with E-state index in [4.69, 9.17) is 4.43 Å². The maximum absolute atomic E-state index is 5.59. The van der Waals surface area contributed by atoms with Gasteiger partial charge in [-0.3, -0.25) is 0 Å². The van der Waals surface area contributed by atoms with Gasteiger partial charge in [-0.25, -0.2) is 0 Å². The molecule has 1 aromatic rings. The molecule has 2 heteroatoms. The molecule has 84 valence electrons. The number of hydrogen-bond acceptors (Lipinski definition) is 1. The third-order valence-corrected chi connectivity index (χ3v) is 6.04. The van der Waals surface area contributed by atoms with Gasteiger partial charge in [-0.05, 0) is 36.2 Å². The van der Waals surface area contributed by atoms with Crippen LogP contribution in [0.5, 0.6) is 0 Å². The van der Waals surface area contributed by atoms with Crippen molar-refractivity contribution in [1.82, 2.24) is 0 Å². The Morgan fingerprint density at radius 3 is 2.13 bits per heavy atom. The van der Waals surface area contributed by atoms with Gasteiger partial charge < -0.3 is 4.43 Å². The standard InChI is InChI=1S/C13H22OSi/c1-6-11(2)12-7-9-13(10-8-12)15(4,5)14-3/h7-11H,6H2,1-5H3. The summed E-state index contributed by atoms with van der Waals surface area (Å²) in [4.78, 5) is 0. The van der Waals surface area contributed by atoms with E-state index in [1.165, 1.54) is 17.2 Å². The third kappa shape index (κ3) is 2.92. The molecule has 1 unspecified atom stereocenters. The van der Waals surface area contributed by atoms with Crippen molar-refractivity contribution in [1.29, 1.82) is 0 Å². The Hall–Kier alpha value is -0.603. The zero-order chi connectivity index (χ0) is 11.5. The van der Waals surface area contributed by atoms with Crippen LogP contribution < -0.4 is 5.19 Å². The van der Waals surface area contributed by atoms with Crippen LogP contribution in [0.3, 0.4) is 0 Å². The summed E-state index contributed by atoms with van der Waals surface area (Å²) in [7, 11) is 0.193. The molecule has 0 saturated carbocycles. The highest BCUT2D eigenvalue weighted by Gasteiger charge is 2.23. The summed E-state index contributed by atoms with van der Waals surface area (Å²) >= 11 is 0. The minimum atomic E-state index is -1.62. The molecule has 1 rings (SSSR count). The van der Waals surface area contributed by atoms with E-state index in [0.29, 0.717) is 5.92 Å². The molecule has 0 saturated heterocycles. The Bertz CT molecular complexity index is 303. The fourth-order valence-electron chi connectivity index (χ4n) is 1.57. The Balaban J connectivity index is 2.90. The quantitative estimate of drug-likeness (QED) is 0.711. The third-order valence-electron chi connectivity index (χ3n) is 3.30. The van der Waals surface area contributed by atoms with Gasteiger partial charge in [0.25, 0.3) is 0 Å². The minimum absolute atomic E-state index is 0.659. The predicted octanol–water partition coefficient (Wildman–Crippen LogP) is 3.26. The van der Waals surface area contributed by atoms with Gasteiger partial charge in [-0.1, -0.05) is 38.1 Å². The van der Waals surface area contributed by atoms with Gasteiger partial charge in [0.15, 0.2) is 0 Å². The van der Waals surface area contributed by atoms with Gasteiger partial charge in [0.05, 0.1) is 0 Å². The summed E-state index contributed by atoms with van der Waals surface area (Å²) in [6.07, 6.45) is 1.20. The maximum Gasteiger partial charge on any atom is 0.217 e. The van der Waals surface area contributed by atoms with Crippen molar-refractivity contribution in [2.24, 2.45) is 0 Å². The zero-order valence-corrected chi connectivity index (χ0v) is 11.5. The van der Waals surface area contributed by atoms with E-state index in [1.54, 1.807) is 0 Å². The predicted molar refractivity (Wildman–Crippen MR) is 69.3 cm³/mol. The number of hydrogen-bond donors (Lipinski definition) is 0. The highest BCUT2D eigenvalue weighted by atomic mass is 28.4. The van der Waals surface area contributed by atoms with Crippen molar-refractivity contribution in [3.63, 3.8) is 0 Å². The number of benzene rings is 1. The highest BCUT2D eigenvalue weighted by Crippen LogP contribution is 2.17. The van der Waals surface area contributed by atoms with Gasteiger partial charge in [0.2, 0.25) is 8.32 Å². The average Bonchev–Trinajstić information content (AvgIpc) is 2.28. The van der Waals surface area contributed by atoms with Crippen molar-refractivity contribution in [2.75, 3.05) is 7.11 Å². The van der Waals surface area contributed by atoms with Crippen LogP contribution in [0.15, 0.2) is 24.3 Å². The molecule has 0 N–H and O–H groups in total. The maximum atomic E-state index is 5.59. The summed E-state index contributed by atoms with van der Waals surface area (Å²) in [6, 6.07) is 8.96. The van der Waals surface area contributed by atoms with Crippen LogP contribution in [0.2, 0.25) is 13.1 Å². The molecule has 0 amide bonds. The first-order valence-corrected chi connectivity index (χ1v) is 8.57. The average molecular weight is 222 g/mol. The molecule has 0 spiro atoms. The summed E-state index contributed by atoms with van der Waals surface area (Å²) in [5.74, 6) is 0.659. The summed E-state index contributed by atoms with van der Waals surface area (Å²) in [5, 5.41) is 1.37. The van der Waals surface area contributed by atoms with Crippen LogP contribution in [-0.4, -0.2) is 15.4 Å². The normalized spacial score (nSPS) is 13.9. The molecule has 1 atom stereocenters. The van der Waals surface area contributed by atoms with Gasteiger partial charge in [-0.15, -0.1) is 0 Å². The molecule has 15 heavy (non-hydrogen) atoms. The smallest absolute Gasteiger partial charge is 0.217 e. The highest BCUT2D eigenvalue weighted by molar-refractivity contribution is 6.84. The first-order chi connectivity index (χ1) is 7.01. The first kappa shape index (κ1) is 12.5. The molecule has 0 aromatic heterocycles. The molecule has 0 aliphatic heterocycles. The molecule has 0 aliphatic carbocycles. The van der Waals surface area contributed by atoms with E-state index >= 15 is 0 Å². The second-order valence-corrected chi connectivity index (χ2v) is 8.65. The van der Waals surface area contributed by atoms with Gasteiger partial charge in [0.1, 0.15) is 0 Å². The number of rotatable bonds is 4. The van der Waals surface area contributed by atoms with Gasteiger partial charge in [-0.2, -0.15) is 0 Å². The molecule has 0 heterocycles. The van der Waals surface area contributed by atoms with Crippen LogP contribution in [0.25, 0.3) is 0 Å². The van der Waals surface area contributed by atoms with Crippen LogP contribution in [0.1, 0.15) is 31.7 Å². The lowest BCUT2D eigenvalue weighted by molar-refractivity contribution is 0.416. The zero-order valence-electron chi connectivity index (χ0n) is 10.5. The van der Waals surface area contributed by atoms with E-state index in [1.807, 2.05) is 7.11 Å². The summed E-state index contributed by atoms with van der Waals surface area (Å²) in [5.41, 5.74) is 1.43. The Kier molecular flexibility index (Phi) is 4.11. The Morgan fingerprint density at radius 1 is 1.20 bits per heavy atom. The molecule has 0 radical (unpaired) electrons. The first-order valence-electron chi connectivity index (χ1n) is 5.67. The fourth-order valence-corrected chi connectivity index (χ4v) is 2.77. The Morgan fingerprint density at radius 2 is 1.73 bits per heavy atom. The van der Waals surface area contributed by atoms with Crippen molar-refractivity contribution in [3.05, 3.63) is 29.8 Å². The van der Waals surface area contributed by atoms with Crippen molar-refractivity contribution in [3.8, 4) is 0 Å². The molecule has 1 aromatic carbocycles. The van der Waals surface area contributed by atoms with E-state index in [9.17, 15) is 0 Å². The van der Waals surface area contributed by atoms with Crippen molar-refractivity contribution < 1.29 is 4.43 Å². The second-order valence-electron chi connectivity index (χ2n) is 4.65. The monoisotopic (exact) mass is 222 g/mol. The van der Waals surface area contributed by atoms with Crippen molar-refractivity contribution >= 4 is 13.5 Å². The lowest BCUT2D eigenvalue weighted by atomic mass is 9.99. The molecule has 1 nitrogen and oxygen atoms in total. The molecule has 0 bridgehead atoms. The molecule has 0 fully saturated rings. The topological polar surface area (TPSA) is 9.23 Å². The lowest BCUT2D eigenvalue weighted by Gasteiger charge is -2.21. The van der Waals surface area contributed by atoms with Gasteiger partial charge in [0, 0.05) is 7.11 Å². The van der Waals surface area contributed by atoms with Crippen LogP contribution >= 0.6 is 0 Å². The SMILES string of the molecule is CCC(C)c1ccc([Si](C)(C)OC)cc1. The summed E-state index contributed by atoms with van der Waals surface area (Å²) < 4.78 is 5.59. The van der Waals surface area contributed by atoms with Crippen LogP contribution in [-0.2, 0) is 4.43 Å². The fraction of sp³-hybridized carbons (Fsp3) is 0.538. The van der Waals surface area contributed by atoms with Crippen molar-refractivity contribution in [2.45, 2.75) is 39.3 Å². The lowest BCUT2D eigenvalue weighted by Crippen LogP contribution is -2.43. The van der Waals surface area contributed by atoms with Gasteiger partial charge >= 0.3 is 0 Å². The van der Waals surface area contributed by atoms with Crippen LogP contribution in [0, 0.1) is 0 Å². The van der Waals surface area contributed by atoms with E-state index < -0.39 is 8.32 Å². The molecular formula is C13H22OSi. The largest absolute Gasteiger partial charge is 0.416 e. The van der Waals surface area contributed by atoms with E-state index in [2.05, 4.69) is 51.2 Å². The molecular weight excluding hydrogens is 200 g/mol. The van der Waals surface area contributed by atoms with E-state index in [0.717, 1.165) is 0 Å².